The molecule has 2 N–H and O–H groups in total. The highest BCUT2D eigenvalue weighted by atomic mass is 35.5. The van der Waals surface area contributed by atoms with Crippen molar-refractivity contribution in [2.45, 2.75) is 37.6 Å². The monoisotopic (exact) mass is 313 g/mol. The summed E-state index contributed by atoms with van der Waals surface area (Å²) in [5.74, 6) is 1.72. The highest BCUT2D eigenvalue weighted by molar-refractivity contribution is 6.31. The van der Waals surface area contributed by atoms with E-state index in [-0.39, 0.29) is 18.4 Å². The number of nitrogens with two attached hydrogens (primary N) is 1. The van der Waals surface area contributed by atoms with Crippen LogP contribution in [0.5, 0.6) is 0 Å². The van der Waals surface area contributed by atoms with E-state index in [0.29, 0.717) is 18.2 Å². The van der Waals surface area contributed by atoms with E-state index in [9.17, 15) is 0 Å². The smallest absolute Gasteiger partial charge is 0.229 e. The van der Waals surface area contributed by atoms with Gasteiger partial charge in [0.05, 0.1) is 0 Å². The first-order chi connectivity index (χ1) is 9.22. The lowest BCUT2D eigenvalue weighted by Crippen LogP contribution is -2.14. The molecule has 20 heavy (non-hydrogen) atoms. The summed E-state index contributed by atoms with van der Waals surface area (Å²) < 4.78 is 5.35. The zero-order valence-corrected chi connectivity index (χ0v) is 12.5. The summed E-state index contributed by atoms with van der Waals surface area (Å²) in [6, 6.07) is 7.98. The van der Waals surface area contributed by atoms with Crippen molar-refractivity contribution < 1.29 is 4.52 Å². The molecule has 0 aliphatic heterocycles. The molecule has 2 unspecified atom stereocenters. The van der Waals surface area contributed by atoms with Crippen molar-refractivity contribution in [2.24, 2.45) is 5.73 Å². The molecule has 1 heterocycles. The Hall–Kier alpha value is -1.10. The normalized spacial score (nSPS) is 21.7. The zero-order chi connectivity index (χ0) is 13.2. The van der Waals surface area contributed by atoms with Crippen LogP contribution in [0.2, 0.25) is 5.02 Å². The van der Waals surface area contributed by atoms with Crippen LogP contribution in [-0.2, 0) is 6.42 Å². The second kappa shape index (κ2) is 6.57. The van der Waals surface area contributed by atoms with Crippen LogP contribution in [0.1, 0.15) is 42.5 Å². The maximum Gasteiger partial charge on any atom is 0.229 e. The lowest BCUT2D eigenvalue weighted by atomic mass is 10.1. The third-order valence-electron chi connectivity index (χ3n) is 3.61. The third kappa shape index (κ3) is 3.32. The second-order valence-electron chi connectivity index (χ2n) is 5.09. The van der Waals surface area contributed by atoms with Crippen molar-refractivity contribution in [3.63, 3.8) is 0 Å². The van der Waals surface area contributed by atoms with Gasteiger partial charge in [-0.1, -0.05) is 35.0 Å². The largest absolute Gasteiger partial charge is 0.339 e. The van der Waals surface area contributed by atoms with Gasteiger partial charge in [-0.15, -0.1) is 12.4 Å². The lowest BCUT2D eigenvalue weighted by Gasteiger charge is -2.01. The topological polar surface area (TPSA) is 64.9 Å². The molecule has 0 amide bonds. The Morgan fingerprint density at radius 1 is 1.30 bits per heavy atom. The van der Waals surface area contributed by atoms with Gasteiger partial charge in [-0.2, -0.15) is 4.98 Å². The van der Waals surface area contributed by atoms with Gasteiger partial charge in [0, 0.05) is 23.4 Å². The van der Waals surface area contributed by atoms with Crippen LogP contribution >= 0.6 is 24.0 Å². The molecule has 1 aliphatic carbocycles. The SMILES string of the molecule is Cl.NC1CCC(c2nc(Cc3ccccc3Cl)no2)C1. The van der Waals surface area contributed by atoms with Crippen molar-refractivity contribution in [2.75, 3.05) is 0 Å². The van der Waals surface area contributed by atoms with E-state index in [2.05, 4.69) is 10.1 Å². The minimum absolute atomic E-state index is 0. The molecule has 1 fully saturated rings. The maximum atomic E-state index is 6.12. The van der Waals surface area contributed by atoms with Gasteiger partial charge >= 0.3 is 0 Å². The molecule has 1 aromatic carbocycles. The second-order valence-corrected chi connectivity index (χ2v) is 5.49. The average molecular weight is 314 g/mol. The van der Waals surface area contributed by atoms with E-state index in [0.717, 1.165) is 35.7 Å². The molecule has 0 radical (unpaired) electrons. The molecule has 0 saturated heterocycles. The van der Waals surface area contributed by atoms with Crippen LogP contribution in [0.4, 0.5) is 0 Å². The predicted molar refractivity (Wildman–Crippen MR) is 80.4 cm³/mol. The summed E-state index contributed by atoms with van der Waals surface area (Å²) in [5.41, 5.74) is 6.92. The molecule has 1 aromatic heterocycles. The molecule has 1 aliphatic rings. The fraction of sp³-hybridized carbons (Fsp3) is 0.429. The highest BCUT2D eigenvalue weighted by Gasteiger charge is 2.27. The summed E-state index contributed by atoms with van der Waals surface area (Å²) in [7, 11) is 0. The average Bonchev–Trinajstić information content (AvgIpc) is 3.01. The molecule has 0 spiro atoms. The van der Waals surface area contributed by atoms with Crippen LogP contribution in [0.25, 0.3) is 0 Å². The number of halogens is 2. The quantitative estimate of drug-likeness (QED) is 0.944. The molecule has 6 heteroatoms. The number of benzene rings is 1. The van der Waals surface area contributed by atoms with Crippen molar-refractivity contribution in [3.8, 4) is 0 Å². The van der Waals surface area contributed by atoms with Gasteiger partial charge in [0.25, 0.3) is 0 Å². The minimum atomic E-state index is 0. The molecule has 3 rings (SSSR count). The molecule has 108 valence electrons. The Morgan fingerprint density at radius 3 is 2.80 bits per heavy atom. The molecule has 2 atom stereocenters. The van der Waals surface area contributed by atoms with Crippen LogP contribution in [0.3, 0.4) is 0 Å². The van der Waals surface area contributed by atoms with E-state index in [1.54, 1.807) is 0 Å². The van der Waals surface area contributed by atoms with Gasteiger partial charge in [0.2, 0.25) is 5.89 Å². The molecular formula is C14H17Cl2N3O. The van der Waals surface area contributed by atoms with Crippen LogP contribution in [0.15, 0.2) is 28.8 Å². The van der Waals surface area contributed by atoms with Crippen molar-refractivity contribution in [1.29, 1.82) is 0 Å². The standard InChI is InChI=1S/C14H16ClN3O.ClH/c15-12-4-2-1-3-9(12)8-13-17-14(19-18-13)10-5-6-11(16)7-10;/h1-4,10-11H,5-8,16H2;1H. The number of nitrogens with zero attached hydrogens (tertiary/aromatic N) is 2. The Bertz CT molecular complexity index is 573. The van der Waals surface area contributed by atoms with Gasteiger partial charge in [0.15, 0.2) is 5.82 Å². The summed E-state index contributed by atoms with van der Waals surface area (Å²) in [6.07, 6.45) is 3.61. The van der Waals surface area contributed by atoms with Crippen molar-refractivity contribution >= 4 is 24.0 Å². The van der Waals surface area contributed by atoms with Gasteiger partial charge in [-0.05, 0) is 30.9 Å². The molecule has 1 saturated carbocycles. The number of hydrogen-bond donors (Lipinski definition) is 1. The Labute approximate surface area is 129 Å². The number of aromatic nitrogens is 2. The number of rotatable bonds is 3. The maximum absolute atomic E-state index is 6.12. The summed E-state index contributed by atoms with van der Waals surface area (Å²) in [5, 5.41) is 4.77. The molecule has 0 bridgehead atoms. The van der Waals surface area contributed by atoms with Gasteiger partial charge in [-0.25, -0.2) is 0 Å². The summed E-state index contributed by atoms with van der Waals surface area (Å²) >= 11 is 6.12. The first kappa shape index (κ1) is 15.3. The Morgan fingerprint density at radius 2 is 2.10 bits per heavy atom. The fourth-order valence-electron chi connectivity index (χ4n) is 2.56. The van der Waals surface area contributed by atoms with Crippen molar-refractivity contribution in [1.82, 2.24) is 10.1 Å². The van der Waals surface area contributed by atoms with Gasteiger partial charge in [-0.3, -0.25) is 0 Å². The minimum Gasteiger partial charge on any atom is -0.339 e. The van der Waals surface area contributed by atoms with Crippen LogP contribution in [0, 0.1) is 0 Å². The lowest BCUT2D eigenvalue weighted by molar-refractivity contribution is 0.350. The van der Waals surface area contributed by atoms with E-state index in [4.69, 9.17) is 21.9 Å². The van der Waals surface area contributed by atoms with Crippen LogP contribution < -0.4 is 5.73 Å². The molecule has 4 nitrogen and oxygen atoms in total. The first-order valence-corrected chi connectivity index (χ1v) is 6.91. The van der Waals surface area contributed by atoms with Gasteiger partial charge in [0.1, 0.15) is 0 Å². The third-order valence-corrected chi connectivity index (χ3v) is 3.98. The fourth-order valence-corrected chi connectivity index (χ4v) is 2.76. The Balaban J connectivity index is 0.00000147. The highest BCUT2D eigenvalue weighted by Crippen LogP contribution is 2.32. The van der Waals surface area contributed by atoms with Gasteiger partial charge < -0.3 is 10.3 Å². The van der Waals surface area contributed by atoms with E-state index >= 15 is 0 Å². The van der Waals surface area contributed by atoms with Crippen molar-refractivity contribution in [3.05, 3.63) is 46.6 Å². The Kier molecular flexibility index (Phi) is 5.02. The number of hydrogen-bond acceptors (Lipinski definition) is 4. The zero-order valence-electron chi connectivity index (χ0n) is 11.0. The summed E-state index contributed by atoms with van der Waals surface area (Å²) in [6.45, 7) is 0. The van der Waals surface area contributed by atoms with Crippen LogP contribution in [-0.4, -0.2) is 16.2 Å². The molecule has 2 aromatic rings. The van der Waals surface area contributed by atoms with E-state index in [1.165, 1.54) is 0 Å². The molecular weight excluding hydrogens is 297 g/mol. The predicted octanol–water partition coefficient (Wildman–Crippen LogP) is 3.33. The van der Waals surface area contributed by atoms with E-state index in [1.807, 2.05) is 24.3 Å². The van der Waals surface area contributed by atoms with E-state index < -0.39 is 0 Å². The first-order valence-electron chi connectivity index (χ1n) is 6.54. The summed E-state index contributed by atoms with van der Waals surface area (Å²) in [4.78, 5) is 4.47.